The molecule has 4 atom stereocenters. The van der Waals surface area contributed by atoms with E-state index in [9.17, 15) is 18.8 Å². The molecule has 3 aliphatic heterocycles. The van der Waals surface area contributed by atoms with E-state index in [-0.39, 0.29) is 5.91 Å². The van der Waals surface area contributed by atoms with Crippen molar-refractivity contribution in [3.05, 3.63) is 65.5 Å². The van der Waals surface area contributed by atoms with Crippen LogP contribution in [0.5, 0.6) is 0 Å². The fraction of sp³-hybridized carbons (Fsp3) is 0.375. The van der Waals surface area contributed by atoms with Crippen LogP contribution in [0, 0.1) is 17.7 Å². The highest BCUT2D eigenvalue weighted by atomic mass is 19.1. The van der Waals surface area contributed by atoms with E-state index < -0.39 is 46.6 Å². The zero-order chi connectivity index (χ0) is 22.1. The van der Waals surface area contributed by atoms with Crippen molar-refractivity contribution in [2.24, 2.45) is 11.8 Å². The van der Waals surface area contributed by atoms with E-state index in [1.54, 1.807) is 20.8 Å². The topological polar surface area (TPSA) is 78.5 Å². The Kier molecular flexibility index (Phi) is 4.15. The highest BCUT2D eigenvalue weighted by Gasteiger charge is 2.71. The Morgan fingerprint density at radius 1 is 1.03 bits per heavy atom. The maximum Gasteiger partial charge on any atom is 0.250 e. The molecule has 3 heterocycles. The summed E-state index contributed by atoms with van der Waals surface area (Å²) in [4.78, 5) is 41.8. The van der Waals surface area contributed by atoms with Gasteiger partial charge in [-0.25, -0.2) is 4.39 Å². The number of rotatable bonds is 2. The molecule has 2 saturated heterocycles. The Hall–Kier alpha value is -3.06. The third-order valence-corrected chi connectivity index (χ3v) is 6.65. The zero-order valence-corrected chi connectivity index (χ0v) is 17.6. The molecular weight excluding hydrogens is 397 g/mol. The van der Waals surface area contributed by atoms with E-state index in [0.29, 0.717) is 17.7 Å². The van der Waals surface area contributed by atoms with E-state index >= 15 is 0 Å². The standard InChI is InChI=1S/C24H24FN3O3/c1-23(2,3)28-20(29)18-17(11-13-7-5-4-6-8-13)27-24(19(18)21(28)30)15-12-14(25)9-10-16(15)26-22(24)31/h4-10,12,17-19,27H,11H2,1-3H3,(H,26,31)/t17-,18-,19+,24-/m1/s1. The lowest BCUT2D eigenvalue weighted by molar-refractivity contribution is -0.147. The van der Waals surface area contributed by atoms with Gasteiger partial charge in [-0.3, -0.25) is 24.6 Å². The van der Waals surface area contributed by atoms with Crippen molar-refractivity contribution in [1.82, 2.24) is 10.2 Å². The first-order chi connectivity index (χ1) is 14.6. The normalized spacial score (nSPS) is 29.5. The second-order valence-corrected chi connectivity index (χ2v) is 9.58. The van der Waals surface area contributed by atoms with Crippen LogP contribution < -0.4 is 10.6 Å². The molecule has 0 aromatic heterocycles. The maximum absolute atomic E-state index is 14.2. The van der Waals surface area contributed by atoms with Gasteiger partial charge in [0, 0.05) is 22.8 Å². The molecule has 0 radical (unpaired) electrons. The van der Waals surface area contributed by atoms with Gasteiger partial charge in [-0.1, -0.05) is 30.3 Å². The molecule has 31 heavy (non-hydrogen) atoms. The van der Waals surface area contributed by atoms with Gasteiger partial charge in [0.2, 0.25) is 17.7 Å². The fourth-order valence-corrected chi connectivity index (χ4v) is 5.48. The maximum atomic E-state index is 14.2. The number of imide groups is 1. The first-order valence-corrected chi connectivity index (χ1v) is 10.5. The third-order valence-electron chi connectivity index (χ3n) is 6.65. The lowest BCUT2D eigenvalue weighted by atomic mass is 9.76. The van der Waals surface area contributed by atoms with Crippen molar-refractivity contribution in [3.63, 3.8) is 0 Å². The minimum absolute atomic E-state index is 0.287. The van der Waals surface area contributed by atoms with E-state index in [0.717, 1.165) is 5.56 Å². The van der Waals surface area contributed by atoms with Crippen molar-refractivity contribution < 1.29 is 18.8 Å². The molecule has 3 amide bonds. The molecule has 2 aromatic carbocycles. The van der Waals surface area contributed by atoms with Crippen LogP contribution >= 0.6 is 0 Å². The lowest BCUT2D eigenvalue weighted by Gasteiger charge is -2.34. The van der Waals surface area contributed by atoms with E-state index in [2.05, 4.69) is 10.6 Å². The Morgan fingerprint density at radius 2 is 1.74 bits per heavy atom. The molecule has 1 spiro atoms. The van der Waals surface area contributed by atoms with Gasteiger partial charge in [0.25, 0.3) is 0 Å². The summed E-state index contributed by atoms with van der Waals surface area (Å²) in [5.41, 5.74) is -0.360. The SMILES string of the molecule is CC(C)(C)N1C(=O)[C@H]2[C@@H](C1=O)[C@@]1(N[C@@H]2Cc2ccccc2)C(=O)Nc2ccc(F)cc21. The van der Waals surface area contributed by atoms with E-state index in [4.69, 9.17) is 0 Å². The van der Waals surface area contributed by atoms with Crippen LogP contribution in [0.25, 0.3) is 0 Å². The predicted octanol–water partition coefficient (Wildman–Crippen LogP) is 2.59. The highest BCUT2D eigenvalue weighted by molar-refractivity contribution is 6.15. The number of amides is 3. The molecule has 2 N–H and O–H groups in total. The number of nitrogens with zero attached hydrogens (tertiary/aromatic N) is 1. The van der Waals surface area contributed by atoms with Crippen LogP contribution in [0.1, 0.15) is 31.9 Å². The minimum Gasteiger partial charge on any atom is -0.324 e. The third kappa shape index (κ3) is 2.69. The largest absolute Gasteiger partial charge is 0.324 e. The molecule has 2 fully saturated rings. The number of benzene rings is 2. The molecule has 160 valence electrons. The van der Waals surface area contributed by atoms with Crippen molar-refractivity contribution in [1.29, 1.82) is 0 Å². The summed E-state index contributed by atoms with van der Waals surface area (Å²) >= 11 is 0. The summed E-state index contributed by atoms with van der Waals surface area (Å²) in [5, 5.41) is 6.13. The van der Waals surface area contributed by atoms with Gasteiger partial charge in [-0.15, -0.1) is 0 Å². The first kappa shape index (κ1) is 19.9. The van der Waals surface area contributed by atoms with Crippen molar-refractivity contribution >= 4 is 23.4 Å². The van der Waals surface area contributed by atoms with Gasteiger partial charge in [0.05, 0.1) is 11.8 Å². The summed E-state index contributed by atoms with van der Waals surface area (Å²) in [6.45, 7) is 5.41. The summed E-state index contributed by atoms with van der Waals surface area (Å²) in [7, 11) is 0. The Balaban J connectivity index is 1.68. The van der Waals surface area contributed by atoms with Gasteiger partial charge >= 0.3 is 0 Å². The van der Waals surface area contributed by atoms with Crippen LogP contribution in [0.4, 0.5) is 10.1 Å². The van der Waals surface area contributed by atoms with Gasteiger partial charge in [-0.2, -0.15) is 0 Å². The molecular formula is C24H24FN3O3. The highest BCUT2D eigenvalue weighted by Crippen LogP contribution is 2.54. The monoisotopic (exact) mass is 421 g/mol. The number of halogens is 1. The Labute approximate surface area is 179 Å². The van der Waals surface area contributed by atoms with E-state index in [1.807, 2.05) is 30.3 Å². The number of carbonyl (C=O) groups is 3. The molecule has 3 aliphatic rings. The summed E-state index contributed by atoms with van der Waals surface area (Å²) in [5.74, 6) is -3.24. The van der Waals surface area contributed by atoms with Gasteiger partial charge in [0.15, 0.2) is 0 Å². The average Bonchev–Trinajstić information content (AvgIpc) is 3.27. The number of anilines is 1. The average molecular weight is 421 g/mol. The lowest BCUT2D eigenvalue weighted by Crippen LogP contribution is -2.56. The van der Waals surface area contributed by atoms with Gasteiger partial charge < -0.3 is 5.32 Å². The van der Waals surface area contributed by atoms with Gasteiger partial charge in [0.1, 0.15) is 11.4 Å². The van der Waals surface area contributed by atoms with Gasteiger partial charge in [-0.05, 0) is 51.0 Å². The second-order valence-electron chi connectivity index (χ2n) is 9.58. The Bertz CT molecular complexity index is 1110. The Morgan fingerprint density at radius 3 is 2.42 bits per heavy atom. The minimum atomic E-state index is -1.48. The molecule has 6 nitrogen and oxygen atoms in total. The predicted molar refractivity (Wildman–Crippen MR) is 112 cm³/mol. The quantitative estimate of drug-likeness (QED) is 0.731. The zero-order valence-electron chi connectivity index (χ0n) is 17.6. The first-order valence-electron chi connectivity index (χ1n) is 10.5. The fourth-order valence-electron chi connectivity index (χ4n) is 5.48. The van der Waals surface area contributed by atoms with Crippen molar-refractivity contribution in [2.45, 2.75) is 44.3 Å². The molecule has 7 heteroatoms. The molecule has 5 rings (SSSR count). The molecule has 0 unspecified atom stereocenters. The molecule has 0 saturated carbocycles. The van der Waals surface area contributed by atoms with Crippen LogP contribution in [0.3, 0.4) is 0 Å². The summed E-state index contributed by atoms with van der Waals surface area (Å²) in [6, 6.07) is 13.2. The van der Waals surface area contributed by atoms with Crippen molar-refractivity contribution in [2.75, 3.05) is 5.32 Å². The number of likely N-dealkylation sites (tertiary alicyclic amines) is 1. The molecule has 0 aliphatic carbocycles. The van der Waals surface area contributed by atoms with Crippen molar-refractivity contribution in [3.8, 4) is 0 Å². The number of hydrogen-bond acceptors (Lipinski definition) is 4. The number of fused-ring (bicyclic) bond motifs is 4. The molecule has 0 bridgehead atoms. The summed E-state index contributed by atoms with van der Waals surface area (Å²) < 4.78 is 14.2. The second kappa shape index (κ2) is 6.47. The van der Waals surface area contributed by atoms with Crippen LogP contribution in [-0.2, 0) is 26.3 Å². The smallest absolute Gasteiger partial charge is 0.250 e. The number of nitrogens with one attached hydrogen (secondary N) is 2. The molecule has 2 aromatic rings. The van der Waals surface area contributed by atoms with Crippen LogP contribution in [0.2, 0.25) is 0 Å². The number of hydrogen-bond donors (Lipinski definition) is 2. The van der Waals surface area contributed by atoms with Crippen LogP contribution in [-0.4, -0.2) is 34.2 Å². The summed E-state index contributed by atoms with van der Waals surface area (Å²) in [6.07, 6.45) is 0.471. The number of carbonyl (C=O) groups excluding carboxylic acids is 3. The van der Waals surface area contributed by atoms with Crippen LogP contribution in [0.15, 0.2) is 48.5 Å². The van der Waals surface area contributed by atoms with E-state index in [1.165, 1.54) is 23.1 Å².